The number of aryl methyl sites for hydroxylation is 1. The number of carbonyl (C=O) groups is 2. The molecule has 3 heterocycles. The number of aromatic nitrogens is 1. The average Bonchev–Trinajstić information content (AvgIpc) is 3.50. The number of hydrogen-bond acceptors (Lipinski definition) is 6. The van der Waals surface area contributed by atoms with Gasteiger partial charge in [-0.15, -0.1) is 0 Å². The minimum atomic E-state index is -0.286. The lowest BCUT2D eigenvalue weighted by Crippen LogP contribution is -2.39. The first-order valence-electron chi connectivity index (χ1n) is 16.4. The normalized spacial score (nSPS) is 25.2. The maximum absolute atomic E-state index is 13.5. The van der Waals surface area contributed by atoms with Gasteiger partial charge in [0.1, 0.15) is 6.61 Å². The van der Waals surface area contributed by atoms with Crippen molar-refractivity contribution in [3.63, 3.8) is 0 Å². The maximum Gasteiger partial charge on any atom is 0.336 e. The second-order valence-electron chi connectivity index (χ2n) is 13.0. The van der Waals surface area contributed by atoms with Crippen molar-refractivity contribution in [3.05, 3.63) is 40.9 Å². The third-order valence-corrected chi connectivity index (χ3v) is 10.8. The third-order valence-electron chi connectivity index (χ3n) is 10.8. The number of hydrogen-bond donors (Lipinski definition) is 0. The summed E-state index contributed by atoms with van der Waals surface area (Å²) in [5, 5.41) is 8.91. The number of cyclic esters (lactones) is 1. The van der Waals surface area contributed by atoms with Crippen LogP contribution in [-0.2, 0) is 20.7 Å². The van der Waals surface area contributed by atoms with Gasteiger partial charge in [-0.3, -0.25) is 9.78 Å². The molecule has 3 unspecified atom stereocenters. The van der Waals surface area contributed by atoms with Crippen molar-refractivity contribution in [2.45, 2.75) is 119 Å². The van der Waals surface area contributed by atoms with E-state index in [2.05, 4.69) is 57.0 Å². The Hall–Kier alpha value is -2.83. The molecule has 2 aliphatic heterocycles. The fourth-order valence-electron chi connectivity index (χ4n) is 7.27. The van der Waals surface area contributed by atoms with Crippen LogP contribution in [0, 0.1) is 23.2 Å². The molecule has 0 bridgehead atoms. The van der Waals surface area contributed by atoms with Crippen LogP contribution in [0.5, 0.6) is 0 Å². The lowest BCUT2D eigenvalue weighted by atomic mass is 9.64. The summed E-state index contributed by atoms with van der Waals surface area (Å²) in [6.07, 6.45) is 12.3. The quantitative estimate of drug-likeness (QED) is 0.145. The summed E-state index contributed by atoms with van der Waals surface area (Å²) in [5.74, 6) is 2.03. The van der Waals surface area contributed by atoms with Gasteiger partial charge >= 0.3 is 5.97 Å². The summed E-state index contributed by atoms with van der Waals surface area (Å²) < 4.78 is 5.19. The second kappa shape index (κ2) is 14.1. The smallest absolute Gasteiger partial charge is 0.336 e. The van der Waals surface area contributed by atoms with Crippen molar-refractivity contribution in [2.75, 3.05) is 13.2 Å². The van der Waals surface area contributed by atoms with Crippen molar-refractivity contribution < 1.29 is 14.3 Å². The van der Waals surface area contributed by atoms with E-state index in [9.17, 15) is 9.59 Å². The summed E-state index contributed by atoms with van der Waals surface area (Å²) >= 11 is 0. The van der Waals surface area contributed by atoms with Crippen LogP contribution < -0.4 is 0 Å². The highest BCUT2D eigenvalue weighted by atomic mass is 16.5. The van der Waals surface area contributed by atoms with Crippen LogP contribution in [-0.4, -0.2) is 46.3 Å². The molecule has 42 heavy (non-hydrogen) atoms. The standard InChI is InChI=1S/C35H52N4O3/c1-8-28(13-11-27-12-14-31(36-21-27)23(4)26(7)37-38-30(9-2)10-3)24(5)29-15-17-35(18-16-29)19-20-39(34(35)41)32-22-42-33(40)25(32)6/h12,14,21,23-24,28-29H,8-11,13,15-20,22H2,1-7H3. The van der Waals surface area contributed by atoms with E-state index in [1.807, 2.05) is 18.0 Å². The van der Waals surface area contributed by atoms with E-state index in [0.29, 0.717) is 29.9 Å². The molecule has 1 spiro atoms. The molecule has 230 valence electrons. The largest absolute Gasteiger partial charge is 0.456 e. The van der Waals surface area contributed by atoms with E-state index in [1.54, 1.807) is 6.92 Å². The first-order chi connectivity index (χ1) is 20.1. The van der Waals surface area contributed by atoms with Crippen LogP contribution in [0.25, 0.3) is 0 Å². The van der Waals surface area contributed by atoms with Crippen LogP contribution in [0.4, 0.5) is 0 Å². The van der Waals surface area contributed by atoms with Gasteiger partial charge in [0, 0.05) is 35.8 Å². The predicted molar refractivity (Wildman–Crippen MR) is 169 cm³/mol. The highest BCUT2D eigenvalue weighted by Gasteiger charge is 2.50. The Bertz CT molecular complexity index is 1200. The summed E-state index contributed by atoms with van der Waals surface area (Å²) in [6.45, 7) is 15.9. The minimum Gasteiger partial charge on any atom is -0.456 e. The Morgan fingerprint density at radius 2 is 1.81 bits per heavy atom. The Balaban J connectivity index is 1.29. The fraction of sp³-hybridized carbons (Fsp3) is 0.686. The maximum atomic E-state index is 13.5. The zero-order chi connectivity index (χ0) is 30.4. The summed E-state index contributed by atoms with van der Waals surface area (Å²) in [5.41, 5.74) is 5.59. The lowest BCUT2D eigenvalue weighted by molar-refractivity contribution is -0.138. The zero-order valence-corrected chi connectivity index (χ0v) is 27.0. The zero-order valence-electron chi connectivity index (χ0n) is 27.0. The van der Waals surface area contributed by atoms with Crippen LogP contribution >= 0.6 is 0 Å². The number of esters is 1. The molecule has 0 aromatic carbocycles. The molecule has 1 saturated heterocycles. The van der Waals surface area contributed by atoms with Crippen molar-refractivity contribution >= 4 is 23.3 Å². The molecule has 1 aromatic heterocycles. The number of likely N-dealkylation sites (tertiary alicyclic amines) is 1. The van der Waals surface area contributed by atoms with Crippen molar-refractivity contribution in [1.29, 1.82) is 0 Å². The van der Waals surface area contributed by atoms with Gasteiger partial charge in [0.2, 0.25) is 5.91 Å². The number of ether oxygens (including phenoxy) is 1. The van der Waals surface area contributed by atoms with Gasteiger partial charge < -0.3 is 9.64 Å². The molecule has 1 aliphatic carbocycles. The fourth-order valence-corrected chi connectivity index (χ4v) is 7.27. The molecule has 1 aromatic rings. The predicted octanol–water partition coefficient (Wildman–Crippen LogP) is 7.66. The van der Waals surface area contributed by atoms with E-state index >= 15 is 0 Å². The van der Waals surface area contributed by atoms with Gasteiger partial charge in [0.15, 0.2) is 0 Å². The first-order valence-corrected chi connectivity index (χ1v) is 16.4. The molecule has 1 saturated carbocycles. The van der Waals surface area contributed by atoms with E-state index in [-0.39, 0.29) is 29.8 Å². The van der Waals surface area contributed by atoms with Crippen LogP contribution in [0.2, 0.25) is 0 Å². The SMILES string of the molecule is CCC(CC)=NN=C(C)C(C)c1ccc(CCC(CC)C(C)C2CCC3(CC2)CCN(C2=C(C)C(=O)OC2)C3=O)cn1. The molecule has 3 atom stereocenters. The molecule has 0 radical (unpaired) electrons. The first kappa shape index (κ1) is 32.1. The Labute approximate surface area is 253 Å². The molecule has 7 heteroatoms. The highest BCUT2D eigenvalue weighted by Crippen LogP contribution is 2.50. The van der Waals surface area contributed by atoms with Crippen LogP contribution in [0.15, 0.2) is 39.8 Å². The van der Waals surface area contributed by atoms with Crippen LogP contribution in [0.1, 0.15) is 123 Å². The second-order valence-corrected chi connectivity index (χ2v) is 13.0. The summed E-state index contributed by atoms with van der Waals surface area (Å²) in [4.78, 5) is 32.1. The monoisotopic (exact) mass is 576 g/mol. The summed E-state index contributed by atoms with van der Waals surface area (Å²) in [6, 6.07) is 4.39. The Morgan fingerprint density at radius 3 is 2.38 bits per heavy atom. The molecule has 4 rings (SSSR count). The van der Waals surface area contributed by atoms with Gasteiger partial charge in [-0.25, -0.2) is 4.79 Å². The lowest BCUT2D eigenvalue weighted by Gasteiger charge is -2.40. The van der Waals surface area contributed by atoms with Crippen LogP contribution in [0.3, 0.4) is 0 Å². The molecular weight excluding hydrogens is 524 g/mol. The average molecular weight is 577 g/mol. The highest BCUT2D eigenvalue weighted by molar-refractivity contribution is 5.94. The van der Waals surface area contributed by atoms with Gasteiger partial charge in [-0.05, 0) is 101 Å². The van der Waals surface area contributed by atoms with Gasteiger partial charge in [0.05, 0.1) is 16.7 Å². The number of rotatable bonds is 12. The molecule has 0 N–H and O–H groups in total. The van der Waals surface area contributed by atoms with Crippen molar-refractivity contribution in [2.24, 2.45) is 33.4 Å². The van der Waals surface area contributed by atoms with E-state index in [0.717, 1.165) is 80.6 Å². The molecular formula is C35H52N4O3. The number of pyridine rings is 1. The Kier molecular flexibility index (Phi) is 10.8. The molecule has 1 amide bonds. The van der Waals surface area contributed by atoms with Gasteiger partial charge in [-0.2, -0.15) is 10.2 Å². The van der Waals surface area contributed by atoms with E-state index < -0.39 is 0 Å². The molecule has 2 fully saturated rings. The van der Waals surface area contributed by atoms with Crippen molar-refractivity contribution in [3.8, 4) is 0 Å². The number of nitrogens with zero attached hydrogens (tertiary/aromatic N) is 4. The van der Waals surface area contributed by atoms with Gasteiger partial charge in [-0.1, -0.05) is 47.1 Å². The van der Waals surface area contributed by atoms with E-state index in [4.69, 9.17) is 9.72 Å². The Morgan fingerprint density at radius 1 is 1.10 bits per heavy atom. The molecule has 7 nitrogen and oxygen atoms in total. The minimum absolute atomic E-state index is 0.143. The van der Waals surface area contributed by atoms with Crippen molar-refractivity contribution in [1.82, 2.24) is 9.88 Å². The number of amides is 1. The topological polar surface area (TPSA) is 84.2 Å². The van der Waals surface area contributed by atoms with E-state index in [1.165, 1.54) is 12.0 Å². The summed E-state index contributed by atoms with van der Waals surface area (Å²) in [7, 11) is 0. The third kappa shape index (κ3) is 6.86. The molecule has 3 aliphatic rings. The van der Waals surface area contributed by atoms with Gasteiger partial charge in [0.25, 0.3) is 0 Å². The number of carbonyl (C=O) groups excluding carboxylic acids is 2.